The molecule has 2 rings (SSSR count). The summed E-state index contributed by atoms with van der Waals surface area (Å²) in [5, 5.41) is 3.24. The fourth-order valence-electron chi connectivity index (χ4n) is 1.34. The van der Waals surface area contributed by atoms with E-state index in [0.717, 1.165) is 6.54 Å². The van der Waals surface area contributed by atoms with Gasteiger partial charge < -0.3 is 10.1 Å². The van der Waals surface area contributed by atoms with E-state index in [2.05, 4.69) is 22.2 Å². The summed E-state index contributed by atoms with van der Waals surface area (Å²) in [6, 6.07) is 1.77. The number of anilines is 1. The minimum Gasteiger partial charge on any atom is -0.478 e. The maximum absolute atomic E-state index is 5.30. The average Bonchev–Trinajstić information content (AvgIpc) is 2.96. The second-order valence-corrected chi connectivity index (χ2v) is 4.32. The predicted octanol–water partition coefficient (Wildman–Crippen LogP) is 2.09. The molecule has 4 heteroatoms. The van der Waals surface area contributed by atoms with E-state index >= 15 is 0 Å². The molecule has 0 aliphatic heterocycles. The Morgan fingerprint density at radius 2 is 2.33 bits per heavy atom. The van der Waals surface area contributed by atoms with Gasteiger partial charge in [-0.25, -0.2) is 4.98 Å². The molecule has 0 unspecified atom stereocenters. The van der Waals surface area contributed by atoms with Crippen LogP contribution in [0.25, 0.3) is 0 Å². The van der Waals surface area contributed by atoms with E-state index in [4.69, 9.17) is 4.74 Å². The molecule has 1 aromatic rings. The molecule has 82 valence electrons. The van der Waals surface area contributed by atoms with E-state index < -0.39 is 0 Å². The quantitative estimate of drug-likeness (QED) is 0.803. The molecule has 1 heterocycles. The average molecular weight is 207 g/mol. The van der Waals surface area contributed by atoms with Gasteiger partial charge in [0.25, 0.3) is 0 Å². The van der Waals surface area contributed by atoms with E-state index in [1.165, 1.54) is 12.8 Å². The number of hydrogen-bond donors (Lipinski definition) is 1. The fourth-order valence-corrected chi connectivity index (χ4v) is 1.34. The smallest absolute Gasteiger partial charge is 0.225 e. The highest BCUT2D eigenvalue weighted by molar-refractivity contribution is 5.28. The van der Waals surface area contributed by atoms with Gasteiger partial charge in [0.15, 0.2) is 0 Å². The van der Waals surface area contributed by atoms with Crippen molar-refractivity contribution < 1.29 is 4.74 Å². The largest absolute Gasteiger partial charge is 0.478 e. The van der Waals surface area contributed by atoms with E-state index in [1.54, 1.807) is 12.3 Å². The van der Waals surface area contributed by atoms with Gasteiger partial charge in [0.2, 0.25) is 11.8 Å². The number of aromatic nitrogens is 2. The van der Waals surface area contributed by atoms with Crippen LogP contribution in [-0.2, 0) is 0 Å². The third-order valence-electron chi connectivity index (χ3n) is 2.70. The zero-order chi connectivity index (χ0) is 10.7. The highest BCUT2D eigenvalue weighted by Crippen LogP contribution is 2.44. The summed E-state index contributed by atoms with van der Waals surface area (Å²) in [5.74, 6) is 1.30. The van der Waals surface area contributed by atoms with E-state index in [9.17, 15) is 0 Å². The number of ether oxygens (including phenoxy) is 1. The second kappa shape index (κ2) is 4.04. The van der Waals surface area contributed by atoms with Crippen LogP contribution in [-0.4, -0.2) is 23.1 Å². The van der Waals surface area contributed by atoms with Crippen molar-refractivity contribution in [3.63, 3.8) is 0 Å². The molecular formula is C11H17N3O. The van der Waals surface area contributed by atoms with Crippen molar-refractivity contribution in [1.29, 1.82) is 0 Å². The number of nitrogens with one attached hydrogen (secondary N) is 1. The van der Waals surface area contributed by atoms with Crippen molar-refractivity contribution in [2.24, 2.45) is 5.41 Å². The summed E-state index contributed by atoms with van der Waals surface area (Å²) in [4.78, 5) is 8.40. The maximum atomic E-state index is 5.30. The van der Waals surface area contributed by atoms with Crippen molar-refractivity contribution in [2.75, 3.05) is 18.5 Å². The number of rotatable bonds is 5. The van der Waals surface area contributed by atoms with Crippen LogP contribution >= 0.6 is 0 Å². The zero-order valence-electron chi connectivity index (χ0n) is 9.29. The van der Waals surface area contributed by atoms with Crippen LogP contribution < -0.4 is 10.1 Å². The Bertz CT molecular complexity index is 336. The van der Waals surface area contributed by atoms with Crippen molar-refractivity contribution in [3.8, 4) is 5.88 Å². The summed E-state index contributed by atoms with van der Waals surface area (Å²) in [5.41, 5.74) is 0.463. The molecular weight excluding hydrogens is 190 g/mol. The second-order valence-electron chi connectivity index (χ2n) is 4.32. The van der Waals surface area contributed by atoms with E-state index in [0.29, 0.717) is 23.9 Å². The summed E-state index contributed by atoms with van der Waals surface area (Å²) >= 11 is 0. The Morgan fingerprint density at radius 1 is 1.53 bits per heavy atom. The molecule has 1 aromatic heterocycles. The highest BCUT2D eigenvalue weighted by atomic mass is 16.5. The zero-order valence-corrected chi connectivity index (χ0v) is 9.29. The first-order valence-electron chi connectivity index (χ1n) is 5.42. The molecule has 0 amide bonds. The number of hydrogen-bond acceptors (Lipinski definition) is 4. The van der Waals surface area contributed by atoms with E-state index in [1.807, 2.05) is 6.92 Å². The van der Waals surface area contributed by atoms with Crippen LogP contribution in [0.5, 0.6) is 5.88 Å². The third-order valence-corrected chi connectivity index (χ3v) is 2.70. The Morgan fingerprint density at radius 3 is 3.00 bits per heavy atom. The Balaban J connectivity index is 1.92. The molecule has 1 aliphatic carbocycles. The summed E-state index contributed by atoms with van der Waals surface area (Å²) in [7, 11) is 0. The van der Waals surface area contributed by atoms with Gasteiger partial charge in [-0.1, -0.05) is 6.92 Å². The van der Waals surface area contributed by atoms with Gasteiger partial charge in [-0.05, 0) is 25.2 Å². The predicted molar refractivity (Wildman–Crippen MR) is 59.0 cm³/mol. The van der Waals surface area contributed by atoms with Crippen LogP contribution in [0.1, 0.15) is 26.7 Å². The molecule has 1 N–H and O–H groups in total. The van der Waals surface area contributed by atoms with Crippen LogP contribution in [0.3, 0.4) is 0 Å². The first-order valence-corrected chi connectivity index (χ1v) is 5.42. The molecule has 0 aromatic carbocycles. The van der Waals surface area contributed by atoms with Gasteiger partial charge in [-0.2, -0.15) is 4.98 Å². The van der Waals surface area contributed by atoms with Crippen LogP contribution in [0.4, 0.5) is 5.95 Å². The Labute approximate surface area is 90.1 Å². The molecule has 15 heavy (non-hydrogen) atoms. The lowest BCUT2D eigenvalue weighted by molar-refractivity contribution is 0.326. The maximum Gasteiger partial charge on any atom is 0.225 e. The van der Waals surface area contributed by atoms with Gasteiger partial charge in [-0.3, -0.25) is 0 Å². The standard InChI is InChI=1S/C11H17N3O/c1-3-15-9-4-7-12-10(14-9)13-8-11(2)5-6-11/h4,7H,3,5-6,8H2,1-2H3,(H,12,13,14). The molecule has 0 atom stereocenters. The van der Waals surface area contributed by atoms with E-state index in [-0.39, 0.29) is 0 Å². The Hall–Kier alpha value is -1.32. The van der Waals surface area contributed by atoms with Crippen molar-refractivity contribution in [3.05, 3.63) is 12.3 Å². The minimum absolute atomic E-state index is 0.463. The molecule has 0 radical (unpaired) electrons. The summed E-state index contributed by atoms with van der Waals surface area (Å²) < 4.78 is 5.30. The monoisotopic (exact) mass is 207 g/mol. The third kappa shape index (κ3) is 2.81. The molecule has 1 aliphatic rings. The van der Waals surface area contributed by atoms with Gasteiger partial charge in [0.1, 0.15) is 0 Å². The first-order chi connectivity index (χ1) is 7.22. The molecule has 4 nitrogen and oxygen atoms in total. The van der Waals surface area contributed by atoms with Crippen molar-refractivity contribution >= 4 is 5.95 Å². The van der Waals surface area contributed by atoms with Crippen LogP contribution in [0, 0.1) is 5.41 Å². The lowest BCUT2D eigenvalue weighted by Crippen LogP contribution is -2.13. The van der Waals surface area contributed by atoms with Crippen molar-refractivity contribution in [1.82, 2.24) is 9.97 Å². The summed E-state index contributed by atoms with van der Waals surface area (Å²) in [6.07, 6.45) is 4.31. The molecule has 0 bridgehead atoms. The fraction of sp³-hybridized carbons (Fsp3) is 0.636. The molecule has 1 saturated carbocycles. The van der Waals surface area contributed by atoms with Gasteiger partial charge in [-0.15, -0.1) is 0 Å². The van der Waals surface area contributed by atoms with Crippen LogP contribution in [0.2, 0.25) is 0 Å². The normalized spacial score (nSPS) is 17.2. The van der Waals surface area contributed by atoms with Crippen molar-refractivity contribution in [2.45, 2.75) is 26.7 Å². The first kappa shape index (κ1) is 10.2. The summed E-state index contributed by atoms with van der Waals surface area (Å²) in [6.45, 7) is 5.80. The number of nitrogens with zero attached hydrogens (tertiary/aromatic N) is 2. The topological polar surface area (TPSA) is 47.0 Å². The van der Waals surface area contributed by atoms with Gasteiger partial charge >= 0.3 is 0 Å². The Kier molecular flexibility index (Phi) is 2.75. The lowest BCUT2D eigenvalue weighted by Gasteiger charge is -2.10. The molecule has 0 saturated heterocycles. The molecule has 0 spiro atoms. The molecule has 1 fully saturated rings. The SMILES string of the molecule is CCOc1ccnc(NCC2(C)CC2)n1. The highest BCUT2D eigenvalue weighted by Gasteiger charge is 2.36. The lowest BCUT2D eigenvalue weighted by atomic mass is 10.1. The van der Waals surface area contributed by atoms with Gasteiger partial charge in [0, 0.05) is 18.8 Å². The van der Waals surface area contributed by atoms with Gasteiger partial charge in [0.05, 0.1) is 6.61 Å². The minimum atomic E-state index is 0.463. The van der Waals surface area contributed by atoms with Crippen LogP contribution in [0.15, 0.2) is 12.3 Å².